The maximum Gasteiger partial charge on any atom is 0.250 e. The molecule has 2 aliphatic heterocycles. The van der Waals surface area contributed by atoms with E-state index in [0.29, 0.717) is 19.1 Å². The van der Waals surface area contributed by atoms with Gasteiger partial charge in [0.2, 0.25) is 5.56 Å². The molecule has 0 bridgehead atoms. The summed E-state index contributed by atoms with van der Waals surface area (Å²) >= 11 is 9.33. The van der Waals surface area contributed by atoms with Crippen molar-refractivity contribution < 1.29 is 9.84 Å². The molecule has 3 aromatic rings. The first-order valence-corrected chi connectivity index (χ1v) is 12.9. The summed E-state index contributed by atoms with van der Waals surface area (Å²) in [5.74, 6) is 0.337. The minimum absolute atomic E-state index is 0.0175. The van der Waals surface area contributed by atoms with Crippen molar-refractivity contribution in [1.82, 2.24) is 4.98 Å². The summed E-state index contributed by atoms with van der Waals surface area (Å²) in [6.45, 7) is 2.90. The van der Waals surface area contributed by atoms with Crippen molar-refractivity contribution in [3.05, 3.63) is 58.9 Å². The van der Waals surface area contributed by atoms with Gasteiger partial charge in [-0.2, -0.15) is 0 Å². The van der Waals surface area contributed by atoms with Gasteiger partial charge in [0.1, 0.15) is 0 Å². The standard InChI is InChI=1S/C24H24ClN3O3S2/c25-13-16(14-29)26-15-4-5-20-22(10-15)32-21-3-1-2-18(24(21)33-20)19-11-17(12-23(30)27-19)28-6-8-31-9-7-28/h1-5,10-12,16,26,29H,6-9,13-14H2,(H,27,30). The first-order chi connectivity index (χ1) is 16.1. The Labute approximate surface area is 205 Å². The third-order valence-corrected chi connectivity index (χ3v) is 8.60. The lowest BCUT2D eigenvalue weighted by Gasteiger charge is -2.29. The molecule has 2 aromatic carbocycles. The molecule has 1 fully saturated rings. The molecule has 0 saturated carbocycles. The summed E-state index contributed by atoms with van der Waals surface area (Å²) in [7, 11) is 0. The van der Waals surface area contributed by atoms with Gasteiger partial charge in [-0.3, -0.25) is 4.79 Å². The van der Waals surface area contributed by atoms with E-state index >= 15 is 0 Å². The number of morpholine rings is 1. The highest BCUT2D eigenvalue weighted by Gasteiger charge is 2.22. The predicted molar refractivity (Wildman–Crippen MR) is 135 cm³/mol. The highest BCUT2D eigenvalue weighted by Crippen LogP contribution is 2.52. The van der Waals surface area contributed by atoms with Crippen molar-refractivity contribution in [2.45, 2.75) is 25.6 Å². The van der Waals surface area contributed by atoms with Gasteiger partial charge in [-0.05, 0) is 30.3 Å². The number of aliphatic hydroxyl groups is 1. The average molecular weight is 502 g/mol. The van der Waals surface area contributed by atoms with E-state index in [1.165, 1.54) is 0 Å². The Bertz CT molecular complexity index is 1210. The zero-order valence-electron chi connectivity index (χ0n) is 17.8. The molecule has 2 aliphatic rings. The number of nitrogens with one attached hydrogen (secondary N) is 2. The zero-order chi connectivity index (χ0) is 22.8. The predicted octanol–water partition coefficient (Wildman–Crippen LogP) is 4.51. The second-order valence-electron chi connectivity index (χ2n) is 7.89. The molecule has 5 rings (SSSR count). The summed E-state index contributed by atoms with van der Waals surface area (Å²) in [6.07, 6.45) is 0. The van der Waals surface area contributed by atoms with Gasteiger partial charge in [-0.25, -0.2) is 0 Å². The first kappa shape index (κ1) is 22.7. The zero-order valence-corrected chi connectivity index (χ0v) is 20.2. The number of anilines is 2. The van der Waals surface area contributed by atoms with Gasteiger partial charge in [0, 0.05) is 61.6 Å². The number of aromatic nitrogens is 1. The number of benzene rings is 2. The van der Waals surface area contributed by atoms with E-state index in [0.717, 1.165) is 55.3 Å². The Morgan fingerprint density at radius 3 is 2.73 bits per heavy atom. The SMILES string of the molecule is O=c1cc(N2CCOCC2)cc(-c2cccc3c2Sc2ccc(NC(CO)CCl)cc2S3)[nH]1. The van der Waals surface area contributed by atoms with Crippen LogP contribution in [0.5, 0.6) is 0 Å². The Kier molecular flexibility index (Phi) is 6.89. The number of H-pyrrole nitrogens is 1. The molecule has 0 aliphatic carbocycles. The molecule has 9 heteroatoms. The molecular formula is C24H24ClN3O3S2. The van der Waals surface area contributed by atoms with E-state index in [1.54, 1.807) is 29.6 Å². The van der Waals surface area contributed by atoms with Crippen molar-refractivity contribution in [3.8, 4) is 11.3 Å². The summed E-state index contributed by atoms with van der Waals surface area (Å²) in [5.41, 5.74) is 3.60. The smallest absolute Gasteiger partial charge is 0.250 e. The monoisotopic (exact) mass is 501 g/mol. The second-order valence-corrected chi connectivity index (χ2v) is 10.3. The molecule has 0 spiro atoms. The molecular weight excluding hydrogens is 478 g/mol. The fraction of sp³-hybridized carbons (Fsp3) is 0.292. The molecule has 6 nitrogen and oxygen atoms in total. The average Bonchev–Trinajstić information content (AvgIpc) is 2.85. The van der Waals surface area contributed by atoms with Crippen molar-refractivity contribution in [2.75, 3.05) is 49.0 Å². The topological polar surface area (TPSA) is 77.6 Å². The molecule has 172 valence electrons. The van der Waals surface area contributed by atoms with Crippen LogP contribution in [-0.4, -0.2) is 54.9 Å². The number of hydrogen-bond donors (Lipinski definition) is 3. The minimum atomic E-state index is -0.180. The van der Waals surface area contributed by atoms with E-state index in [2.05, 4.69) is 45.5 Å². The summed E-state index contributed by atoms with van der Waals surface area (Å²) in [5, 5.41) is 12.7. The second kappa shape index (κ2) is 10.0. The number of pyridine rings is 1. The Morgan fingerprint density at radius 1 is 1.09 bits per heavy atom. The summed E-state index contributed by atoms with van der Waals surface area (Å²) in [6, 6.07) is 15.9. The number of fused-ring (bicyclic) bond motifs is 2. The third kappa shape index (κ3) is 4.90. The fourth-order valence-electron chi connectivity index (χ4n) is 3.95. The normalized spacial score (nSPS) is 16.1. The number of hydrogen-bond acceptors (Lipinski definition) is 7. The number of nitrogens with zero attached hydrogens (tertiary/aromatic N) is 1. The molecule has 3 heterocycles. The number of ether oxygens (including phenoxy) is 1. The molecule has 1 saturated heterocycles. The maximum atomic E-state index is 12.5. The van der Waals surface area contributed by atoms with Gasteiger partial charge in [-0.15, -0.1) is 11.6 Å². The van der Waals surface area contributed by atoms with Gasteiger partial charge in [0.15, 0.2) is 0 Å². The molecule has 1 aromatic heterocycles. The Balaban J connectivity index is 1.46. The van der Waals surface area contributed by atoms with E-state index in [9.17, 15) is 9.90 Å². The molecule has 0 radical (unpaired) electrons. The highest BCUT2D eigenvalue weighted by molar-refractivity contribution is 8.05. The van der Waals surface area contributed by atoms with Gasteiger partial charge in [0.25, 0.3) is 0 Å². The van der Waals surface area contributed by atoms with Crippen LogP contribution in [0.3, 0.4) is 0 Å². The van der Waals surface area contributed by atoms with E-state index in [-0.39, 0.29) is 18.2 Å². The van der Waals surface area contributed by atoms with Crippen LogP contribution in [-0.2, 0) is 4.74 Å². The molecule has 0 amide bonds. The Hall–Kier alpha value is -2.10. The van der Waals surface area contributed by atoms with Gasteiger partial charge in [-0.1, -0.05) is 35.7 Å². The summed E-state index contributed by atoms with van der Waals surface area (Å²) in [4.78, 5) is 22.3. The fourth-order valence-corrected chi connectivity index (χ4v) is 6.54. The van der Waals surface area contributed by atoms with Crippen LogP contribution in [0.15, 0.2) is 72.9 Å². The minimum Gasteiger partial charge on any atom is -0.394 e. The molecule has 33 heavy (non-hydrogen) atoms. The lowest BCUT2D eigenvalue weighted by Crippen LogP contribution is -2.36. The number of halogens is 1. The van der Waals surface area contributed by atoms with E-state index < -0.39 is 0 Å². The van der Waals surface area contributed by atoms with Gasteiger partial charge < -0.3 is 25.0 Å². The molecule has 3 N–H and O–H groups in total. The van der Waals surface area contributed by atoms with Crippen LogP contribution < -0.4 is 15.8 Å². The third-order valence-electron chi connectivity index (χ3n) is 5.63. The van der Waals surface area contributed by atoms with Crippen LogP contribution in [0.1, 0.15) is 0 Å². The summed E-state index contributed by atoms with van der Waals surface area (Å²) < 4.78 is 5.46. The molecule has 1 atom stereocenters. The van der Waals surface area contributed by atoms with E-state index in [1.807, 2.05) is 12.1 Å². The Morgan fingerprint density at radius 2 is 1.94 bits per heavy atom. The quantitative estimate of drug-likeness (QED) is 0.336. The molecule has 1 unspecified atom stereocenters. The van der Waals surface area contributed by atoms with Crippen molar-refractivity contribution in [2.24, 2.45) is 0 Å². The largest absolute Gasteiger partial charge is 0.394 e. The van der Waals surface area contributed by atoms with Crippen molar-refractivity contribution >= 4 is 46.5 Å². The van der Waals surface area contributed by atoms with Gasteiger partial charge in [0.05, 0.1) is 31.6 Å². The van der Waals surface area contributed by atoms with Crippen LogP contribution in [0.4, 0.5) is 11.4 Å². The van der Waals surface area contributed by atoms with E-state index in [4.69, 9.17) is 16.3 Å². The van der Waals surface area contributed by atoms with Crippen LogP contribution in [0.25, 0.3) is 11.3 Å². The lowest BCUT2D eigenvalue weighted by molar-refractivity contribution is 0.122. The number of alkyl halides is 1. The highest BCUT2D eigenvalue weighted by atomic mass is 35.5. The van der Waals surface area contributed by atoms with Crippen LogP contribution in [0.2, 0.25) is 0 Å². The van der Waals surface area contributed by atoms with Crippen LogP contribution in [0, 0.1) is 0 Å². The van der Waals surface area contributed by atoms with Crippen molar-refractivity contribution in [3.63, 3.8) is 0 Å². The lowest BCUT2D eigenvalue weighted by atomic mass is 10.1. The maximum absolute atomic E-state index is 12.5. The van der Waals surface area contributed by atoms with Gasteiger partial charge >= 0.3 is 0 Å². The van der Waals surface area contributed by atoms with Crippen molar-refractivity contribution in [1.29, 1.82) is 0 Å². The first-order valence-electron chi connectivity index (χ1n) is 10.8. The number of rotatable bonds is 6. The van der Waals surface area contributed by atoms with Crippen LogP contribution >= 0.6 is 35.1 Å². The number of aliphatic hydroxyl groups excluding tert-OH is 1. The number of aromatic amines is 1.